The van der Waals surface area contributed by atoms with Crippen molar-refractivity contribution in [3.05, 3.63) is 101 Å². The van der Waals surface area contributed by atoms with Crippen molar-refractivity contribution in [3.63, 3.8) is 0 Å². The number of rotatable bonds is 6. The van der Waals surface area contributed by atoms with Crippen molar-refractivity contribution in [1.29, 1.82) is 0 Å². The van der Waals surface area contributed by atoms with Crippen LogP contribution >= 0.6 is 11.6 Å². The third-order valence-electron chi connectivity index (χ3n) is 4.58. The molecule has 0 unspecified atom stereocenters. The summed E-state index contributed by atoms with van der Waals surface area (Å²) in [6.45, 7) is 2.18. The highest BCUT2D eigenvalue weighted by Crippen LogP contribution is 2.31. The van der Waals surface area contributed by atoms with Gasteiger partial charge in [0.1, 0.15) is 29.4 Å². The molecule has 4 rings (SSSR count). The van der Waals surface area contributed by atoms with Crippen molar-refractivity contribution in [2.24, 2.45) is 0 Å². The molecule has 5 nitrogen and oxygen atoms in total. The predicted molar refractivity (Wildman–Crippen MR) is 117 cm³/mol. The highest BCUT2D eigenvalue weighted by molar-refractivity contribution is 6.33. The molecule has 30 heavy (non-hydrogen) atoms. The molecule has 0 bridgehead atoms. The Morgan fingerprint density at radius 3 is 2.43 bits per heavy atom. The minimum Gasteiger partial charge on any atom is -0.489 e. The van der Waals surface area contributed by atoms with Crippen LogP contribution in [0.1, 0.15) is 21.7 Å². The normalized spacial score (nSPS) is 10.6. The molecule has 0 atom stereocenters. The summed E-state index contributed by atoms with van der Waals surface area (Å²) >= 11 is 6.27. The Labute approximate surface area is 179 Å². The maximum absolute atomic E-state index is 12.9. The maximum Gasteiger partial charge on any atom is 0.261 e. The Kier molecular flexibility index (Phi) is 5.82. The molecule has 6 heteroatoms. The van der Waals surface area contributed by atoms with Crippen LogP contribution in [0.3, 0.4) is 0 Å². The second-order valence-electron chi connectivity index (χ2n) is 6.69. The molecule has 150 valence electrons. The predicted octanol–water partition coefficient (Wildman–Crippen LogP) is 6.13. The van der Waals surface area contributed by atoms with Gasteiger partial charge in [-0.15, -0.1) is 0 Å². The van der Waals surface area contributed by atoms with Crippen molar-refractivity contribution in [2.45, 2.75) is 13.5 Å². The molecule has 0 saturated carbocycles. The van der Waals surface area contributed by atoms with E-state index in [-0.39, 0.29) is 5.91 Å². The lowest BCUT2D eigenvalue weighted by Crippen LogP contribution is -2.13. The number of amides is 1. The molecular weight excluding hydrogens is 400 g/mol. The molecule has 0 radical (unpaired) electrons. The summed E-state index contributed by atoms with van der Waals surface area (Å²) in [5, 5.41) is 7.41. The van der Waals surface area contributed by atoms with Crippen LogP contribution < -0.4 is 10.1 Å². The Morgan fingerprint density at radius 2 is 1.70 bits per heavy atom. The number of aromatic nitrogens is 1. The van der Waals surface area contributed by atoms with Gasteiger partial charge >= 0.3 is 0 Å². The van der Waals surface area contributed by atoms with Crippen LogP contribution in [0, 0.1) is 6.92 Å². The summed E-state index contributed by atoms with van der Waals surface area (Å²) in [7, 11) is 0. The number of nitrogens with zero attached hydrogens (tertiary/aromatic N) is 1. The van der Waals surface area contributed by atoms with Gasteiger partial charge in [0.25, 0.3) is 5.91 Å². The minimum absolute atomic E-state index is 0.318. The zero-order chi connectivity index (χ0) is 20.9. The van der Waals surface area contributed by atoms with E-state index in [1.807, 2.05) is 54.6 Å². The van der Waals surface area contributed by atoms with Gasteiger partial charge in [-0.05, 0) is 42.8 Å². The third kappa shape index (κ3) is 4.36. The number of aryl methyl sites for hydroxylation is 1. The summed E-state index contributed by atoms with van der Waals surface area (Å²) in [5.74, 6) is 0.821. The van der Waals surface area contributed by atoms with Gasteiger partial charge < -0.3 is 14.6 Å². The number of hydrogen-bond donors (Lipinski definition) is 1. The van der Waals surface area contributed by atoms with Crippen LogP contribution in [0.2, 0.25) is 5.02 Å². The Morgan fingerprint density at radius 1 is 1.00 bits per heavy atom. The van der Waals surface area contributed by atoms with E-state index in [2.05, 4.69) is 10.5 Å². The molecule has 0 fully saturated rings. The Hall–Kier alpha value is -3.57. The van der Waals surface area contributed by atoms with Gasteiger partial charge in [0.05, 0.1) is 5.02 Å². The summed E-state index contributed by atoms with van der Waals surface area (Å²) in [6, 6.07) is 24.3. The zero-order valence-electron chi connectivity index (χ0n) is 16.3. The van der Waals surface area contributed by atoms with E-state index in [4.69, 9.17) is 20.9 Å². The molecule has 0 saturated heterocycles. The SMILES string of the molecule is Cc1onc(-c2ccccc2Cl)c1C(=O)Nc1ccc(OCc2ccccc2)cc1. The number of nitrogens with one attached hydrogen (secondary N) is 1. The van der Waals surface area contributed by atoms with Crippen LogP contribution in [-0.4, -0.2) is 11.1 Å². The standard InChI is InChI=1S/C24H19ClN2O3/c1-16-22(23(27-30-16)20-9-5-6-10-21(20)25)24(28)26-18-11-13-19(14-12-18)29-15-17-7-3-2-4-8-17/h2-14H,15H2,1H3,(H,26,28). The van der Waals surface area contributed by atoms with E-state index in [0.717, 1.165) is 11.3 Å². The lowest BCUT2D eigenvalue weighted by molar-refractivity contribution is 0.102. The largest absolute Gasteiger partial charge is 0.489 e. The van der Waals surface area contributed by atoms with E-state index < -0.39 is 0 Å². The average molecular weight is 419 g/mol. The van der Waals surface area contributed by atoms with Gasteiger partial charge in [-0.2, -0.15) is 0 Å². The van der Waals surface area contributed by atoms with Crippen molar-refractivity contribution in [1.82, 2.24) is 5.16 Å². The van der Waals surface area contributed by atoms with Crippen LogP contribution in [0.15, 0.2) is 83.4 Å². The first kappa shape index (κ1) is 19.7. The van der Waals surface area contributed by atoms with Gasteiger partial charge in [0.15, 0.2) is 0 Å². The van der Waals surface area contributed by atoms with Crippen LogP contribution in [-0.2, 0) is 6.61 Å². The quantitative estimate of drug-likeness (QED) is 0.408. The minimum atomic E-state index is -0.318. The van der Waals surface area contributed by atoms with Gasteiger partial charge in [-0.25, -0.2) is 0 Å². The molecule has 4 aromatic rings. The number of ether oxygens (including phenoxy) is 1. The van der Waals surface area contributed by atoms with Gasteiger partial charge in [-0.1, -0.05) is 65.3 Å². The summed E-state index contributed by atoms with van der Waals surface area (Å²) in [5.41, 5.74) is 3.14. The van der Waals surface area contributed by atoms with E-state index in [1.54, 1.807) is 31.2 Å². The second kappa shape index (κ2) is 8.84. The smallest absolute Gasteiger partial charge is 0.261 e. The first-order valence-electron chi connectivity index (χ1n) is 9.41. The first-order chi connectivity index (χ1) is 14.6. The van der Waals surface area contributed by atoms with Gasteiger partial charge in [-0.3, -0.25) is 4.79 Å². The molecular formula is C24H19ClN2O3. The molecule has 1 heterocycles. The second-order valence-corrected chi connectivity index (χ2v) is 7.10. The molecule has 1 N–H and O–H groups in total. The Balaban J connectivity index is 1.47. The van der Waals surface area contributed by atoms with Crippen LogP contribution in [0.5, 0.6) is 5.75 Å². The van der Waals surface area contributed by atoms with E-state index in [0.29, 0.717) is 39.9 Å². The van der Waals surface area contributed by atoms with E-state index in [9.17, 15) is 4.79 Å². The topological polar surface area (TPSA) is 64.4 Å². The zero-order valence-corrected chi connectivity index (χ0v) is 17.0. The van der Waals surface area contributed by atoms with Gasteiger partial charge in [0.2, 0.25) is 0 Å². The Bertz CT molecular complexity index is 1150. The summed E-state index contributed by atoms with van der Waals surface area (Å²) in [4.78, 5) is 12.9. The molecule has 3 aromatic carbocycles. The molecule has 0 spiro atoms. The molecule has 1 amide bonds. The first-order valence-corrected chi connectivity index (χ1v) is 9.79. The van der Waals surface area contributed by atoms with E-state index in [1.165, 1.54) is 0 Å². The number of benzene rings is 3. The number of halogens is 1. The lowest BCUT2D eigenvalue weighted by atomic mass is 10.1. The van der Waals surface area contributed by atoms with Crippen LogP contribution in [0.25, 0.3) is 11.3 Å². The van der Waals surface area contributed by atoms with Crippen molar-refractivity contribution in [3.8, 4) is 17.0 Å². The monoisotopic (exact) mass is 418 g/mol. The number of carbonyl (C=O) groups is 1. The highest BCUT2D eigenvalue weighted by Gasteiger charge is 2.23. The fourth-order valence-electron chi connectivity index (χ4n) is 3.05. The van der Waals surface area contributed by atoms with Crippen molar-refractivity contribution >= 4 is 23.2 Å². The maximum atomic E-state index is 12.9. The van der Waals surface area contributed by atoms with Gasteiger partial charge in [0, 0.05) is 11.3 Å². The number of hydrogen-bond acceptors (Lipinski definition) is 4. The molecule has 1 aromatic heterocycles. The number of carbonyl (C=O) groups excluding carboxylic acids is 1. The van der Waals surface area contributed by atoms with Crippen LogP contribution in [0.4, 0.5) is 5.69 Å². The van der Waals surface area contributed by atoms with Crippen molar-refractivity contribution < 1.29 is 14.1 Å². The summed E-state index contributed by atoms with van der Waals surface area (Å²) < 4.78 is 11.0. The molecule has 0 aliphatic rings. The van der Waals surface area contributed by atoms with Crippen molar-refractivity contribution in [2.75, 3.05) is 5.32 Å². The lowest BCUT2D eigenvalue weighted by Gasteiger charge is -2.09. The molecule has 0 aliphatic carbocycles. The fraction of sp³-hybridized carbons (Fsp3) is 0.0833. The summed E-state index contributed by atoms with van der Waals surface area (Å²) in [6.07, 6.45) is 0. The van der Waals surface area contributed by atoms with E-state index >= 15 is 0 Å². The third-order valence-corrected chi connectivity index (χ3v) is 4.91. The molecule has 0 aliphatic heterocycles. The average Bonchev–Trinajstić information content (AvgIpc) is 3.15. The fourth-order valence-corrected chi connectivity index (χ4v) is 3.27. The highest BCUT2D eigenvalue weighted by atomic mass is 35.5. The number of anilines is 1.